The van der Waals surface area contributed by atoms with Gasteiger partial charge in [-0.05, 0) is 6.42 Å². The molecule has 0 amide bonds. The highest BCUT2D eigenvalue weighted by molar-refractivity contribution is 5.74. The second kappa shape index (κ2) is 5.88. The maximum Gasteiger partial charge on any atom is 0.309 e. The molecule has 2 fully saturated rings. The zero-order chi connectivity index (χ0) is 13.9. The zero-order valence-corrected chi connectivity index (χ0v) is 11.1. The van der Waals surface area contributed by atoms with E-state index in [-0.39, 0.29) is 31.6 Å². The number of rotatable bonds is 5. The predicted molar refractivity (Wildman–Crippen MR) is 64.3 cm³/mol. The van der Waals surface area contributed by atoms with Gasteiger partial charge in [0.15, 0.2) is 11.7 Å². The van der Waals surface area contributed by atoms with Crippen molar-refractivity contribution in [3.05, 3.63) is 0 Å². The van der Waals surface area contributed by atoms with Gasteiger partial charge in [0.1, 0.15) is 12.7 Å². The lowest BCUT2D eigenvalue weighted by atomic mass is 9.94. The molecule has 108 valence electrons. The van der Waals surface area contributed by atoms with Gasteiger partial charge < -0.3 is 19.3 Å². The number of cyclic esters (lactones) is 1. The van der Waals surface area contributed by atoms with Crippen molar-refractivity contribution in [1.82, 2.24) is 0 Å². The van der Waals surface area contributed by atoms with Gasteiger partial charge in [0.25, 0.3) is 0 Å². The van der Waals surface area contributed by atoms with Crippen LogP contribution in [0.3, 0.4) is 0 Å². The second-order valence-corrected chi connectivity index (χ2v) is 5.15. The molecule has 2 saturated heterocycles. The van der Waals surface area contributed by atoms with Gasteiger partial charge in [0.2, 0.25) is 0 Å². The lowest BCUT2D eigenvalue weighted by Crippen LogP contribution is -2.46. The molecule has 0 saturated carbocycles. The fraction of sp³-hybridized carbons (Fsp3) is 0.846. The van der Waals surface area contributed by atoms with Crippen molar-refractivity contribution in [1.29, 1.82) is 0 Å². The summed E-state index contributed by atoms with van der Waals surface area (Å²) in [6.45, 7) is 2.15. The summed E-state index contributed by atoms with van der Waals surface area (Å²) in [5.41, 5.74) is -0.989. The van der Waals surface area contributed by atoms with Crippen LogP contribution < -0.4 is 0 Å². The predicted octanol–water partition coefficient (Wildman–Crippen LogP) is 0.555. The van der Waals surface area contributed by atoms with Gasteiger partial charge >= 0.3 is 11.9 Å². The third kappa shape index (κ3) is 3.06. The monoisotopic (exact) mass is 272 g/mol. The maximum absolute atomic E-state index is 11.7. The molecule has 6 nitrogen and oxygen atoms in total. The van der Waals surface area contributed by atoms with E-state index in [1.165, 1.54) is 0 Å². The van der Waals surface area contributed by atoms with Crippen molar-refractivity contribution in [3.63, 3.8) is 0 Å². The average Bonchev–Trinajstić information content (AvgIpc) is 2.88. The summed E-state index contributed by atoms with van der Waals surface area (Å²) in [6.07, 6.45) is 1.39. The quantitative estimate of drug-likeness (QED) is 0.581. The van der Waals surface area contributed by atoms with Crippen LogP contribution in [0.1, 0.15) is 39.0 Å². The Labute approximate surface area is 112 Å². The number of ether oxygens (including phenoxy) is 3. The summed E-state index contributed by atoms with van der Waals surface area (Å²) in [6, 6.07) is 0. The van der Waals surface area contributed by atoms with E-state index < -0.39 is 17.8 Å². The van der Waals surface area contributed by atoms with Crippen LogP contribution in [-0.4, -0.2) is 48.1 Å². The van der Waals surface area contributed by atoms with Gasteiger partial charge in [-0.15, -0.1) is 0 Å². The Morgan fingerprint density at radius 3 is 2.95 bits per heavy atom. The van der Waals surface area contributed by atoms with Gasteiger partial charge in [0.05, 0.1) is 13.0 Å². The van der Waals surface area contributed by atoms with Gasteiger partial charge in [-0.2, -0.15) is 0 Å². The van der Waals surface area contributed by atoms with Gasteiger partial charge in [-0.3, -0.25) is 9.59 Å². The van der Waals surface area contributed by atoms with Crippen LogP contribution in [0.5, 0.6) is 0 Å². The highest BCUT2D eigenvalue weighted by Crippen LogP contribution is 2.37. The molecule has 6 heteroatoms. The summed E-state index contributed by atoms with van der Waals surface area (Å²) in [5.74, 6) is -0.747. The first-order chi connectivity index (χ1) is 9.07. The van der Waals surface area contributed by atoms with Crippen LogP contribution in [-0.2, 0) is 23.8 Å². The lowest BCUT2D eigenvalue weighted by molar-refractivity contribution is -0.163. The molecule has 3 unspecified atom stereocenters. The van der Waals surface area contributed by atoms with Gasteiger partial charge in [0, 0.05) is 6.42 Å². The van der Waals surface area contributed by atoms with Crippen LogP contribution >= 0.6 is 0 Å². The molecule has 0 aromatic heterocycles. The fourth-order valence-corrected chi connectivity index (χ4v) is 2.50. The van der Waals surface area contributed by atoms with E-state index >= 15 is 0 Å². The molecule has 2 heterocycles. The minimum Gasteiger partial charge on any atom is -0.462 e. The van der Waals surface area contributed by atoms with Crippen LogP contribution in [0.4, 0.5) is 0 Å². The normalized spacial score (nSPS) is 33.7. The van der Waals surface area contributed by atoms with E-state index in [4.69, 9.17) is 14.2 Å². The minimum atomic E-state index is -0.989. The van der Waals surface area contributed by atoms with Crippen molar-refractivity contribution in [2.75, 3.05) is 13.2 Å². The zero-order valence-electron chi connectivity index (χ0n) is 11.1. The first-order valence-corrected chi connectivity index (χ1v) is 6.74. The largest absolute Gasteiger partial charge is 0.462 e. The van der Waals surface area contributed by atoms with Crippen molar-refractivity contribution < 1.29 is 28.9 Å². The third-order valence-corrected chi connectivity index (χ3v) is 3.57. The number of esters is 2. The van der Waals surface area contributed by atoms with Crippen molar-refractivity contribution in [3.8, 4) is 0 Å². The molecule has 0 aromatic carbocycles. The number of carbonyl (C=O) groups excluding carboxylic acids is 2. The molecule has 1 spiro atoms. The van der Waals surface area contributed by atoms with Gasteiger partial charge in [-0.1, -0.05) is 19.8 Å². The number of carbonyl (C=O) groups is 2. The van der Waals surface area contributed by atoms with E-state index in [1.54, 1.807) is 0 Å². The van der Waals surface area contributed by atoms with Crippen LogP contribution in [0.15, 0.2) is 0 Å². The lowest BCUT2D eigenvalue weighted by Gasteiger charge is -2.27. The summed E-state index contributed by atoms with van der Waals surface area (Å²) < 4.78 is 15.6. The molecular weight excluding hydrogens is 252 g/mol. The van der Waals surface area contributed by atoms with Crippen LogP contribution in [0.25, 0.3) is 0 Å². The molecule has 3 atom stereocenters. The average molecular weight is 272 g/mol. The fourth-order valence-electron chi connectivity index (χ4n) is 2.50. The molecule has 2 aliphatic heterocycles. The molecule has 19 heavy (non-hydrogen) atoms. The molecule has 0 aliphatic carbocycles. The molecular formula is C13H20O6. The number of hydrogen-bond acceptors (Lipinski definition) is 6. The van der Waals surface area contributed by atoms with E-state index in [1.807, 2.05) is 0 Å². The first kappa shape index (κ1) is 14.3. The Balaban J connectivity index is 1.93. The molecule has 0 bridgehead atoms. The SMILES string of the molecule is CCCCCC(=O)OC1C(O)COC12COC(=O)C2. The molecule has 0 radical (unpaired) electrons. The minimum absolute atomic E-state index is 0.0248. The van der Waals surface area contributed by atoms with Crippen LogP contribution in [0, 0.1) is 0 Å². The highest BCUT2D eigenvalue weighted by atomic mass is 16.6. The van der Waals surface area contributed by atoms with E-state index in [2.05, 4.69) is 6.92 Å². The van der Waals surface area contributed by atoms with Crippen molar-refractivity contribution in [2.45, 2.75) is 56.8 Å². The Kier molecular flexibility index (Phi) is 4.42. The Hall–Kier alpha value is -1.14. The Morgan fingerprint density at radius 1 is 1.53 bits per heavy atom. The summed E-state index contributed by atoms with van der Waals surface area (Å²) >= 11 is 0. The van der Waals surface area contributed by atoms with E-state index in [0.29, 0.717) is 6.42 Å². The first-order valence-electron chi connectivity index (χ1n) is 6.74. The smallest absolute Gasteiger partial charge is 0.309 e. The molecule has 2 rings (SSSR count). The van der Waals surface area contributed by atoms with Crippen LogP contribution in [0.2, 0.25) is 0 Å². The third-order valence-electron chi connectivity index (χ3n) is 3.57. The molecule has 2 aliphatic rings. The summed E-state index contributed by atoms with van der Waals surface area (Å²) in [5, 5.41) is 9.85. The topological polar surface area (TPSA) is 82.1 Å². The number of aliphatic hydroxyl groups is 1. The standard InChI is InChI=1S/C13H20O6/c1-2-3-4-5-10(15)19-12-9(14)7-18-13(12)6-11(16)17-8-13/h9,12,14H,2-8H2,1H3. The van der Waals surface area contributed by atoms with E-state index in [0.717, 1.165) is 19.3 Å². The Bertz CT molecular complexity index is 355. The summed E-state index contributed by atoms with van der Waals surface area (Å²) in [4.78, 5) is 23.0. The number of unbranched alkanes of at least 4 members (excludes halogenated alkanes) is 2. The number of hydrogen-bond donors (Lipinski definition) is 1. The molecule has 1 N–H and O–H groups in total. The molecule has 0 aromatic rings. The van der Waals surface area contributed by atoms with Crippen molar-refractivity contribution >= 4 is 11.9 Å². The Morgan fingerprint density at radius 2 is 2.32 bits per heavy atom. The number of aliphatic hydroxyl groups excluding tert-OH is 1. The van der Waals surface area contributed by atoms with Crippen molar-refractivity contribution in [2.24, 2.45) is 0 Å². The summed E-state index contributed by atoms with van der Waals surface area (Å²) in [7, 11) is 0. The second-order valence-electron chi connectivity index (χ2n) is 5.15. The van der Waals surface area contributed by atoms with Gasteiger partial charge in [-0.25, -0.2) is 0 Å². The van der Waals surface area contributed by atoms with E-state index in [9.17, 15) is 14.7 Å². The maximum atomic E-state index is 11.7. The highest BCUT2D eigenvalue weighted by Gasteiger charge is 2.57.